The molecule has 0 aliphatic heterocycles. The second-order valence-electron chi connectivity index (χ2n) is 6.59. The van der Waals surface area contributed by atoms with Crippen LogP contribution in [0.4, 0.5) is 4.39 Å². The van der Waals surface area contributed by atoms with Gasteiger partial charge in [-0.1, -0.05) is 19.8 Å². The number of nitrogens with one attached hydrogen (secondary N) is 1. The number of hydrogen-bond donors (Lipinski definition) is 1. The molecule has 2 atom stereocenters. The predicted molar refractivity (Wildman–Crippen MR) is 82.9 cm³/mol. The standard InChI is InChI=1S/C18H26FNO/c1-2-13-4-3-5-17(10-13)21-18-9-6-15(19)11-14(18)12-20-16-7-8-16/h6,9,11,13,16-17,20H,2-5,7-8,10,12H2,1H3. The Bertz CT molecular complexity index is 472. The van der Waals surface area contributed by atoms with Gasteiger partial charge in [-0.3, -0.25) is 0 Å². The van der Waals surface area contributed by atoms with E-state index in [1.807, 2.05) is 0 Å². The van der Waals surface area contributed by atoms with Crippen LogP contribution >= 0.6 is 0 Å². The summed E-state index contributed by atoms with van der Waals surface area (Å²) < 4.78 is 19.7. The summed E-state index contributed by atoms with van der Waals surface area (Å²) in [6, 6.07) is 5.55. The van der Waals surface area contributed by atoms with Crippen molar-refractivity contribution in [2.24, 2.45) is 5.92 Å². The highest BCUT2D eigenvalue weighted by molar-refractivity contribution is 5.34. The summed E-state index contributed by atoms with van der Waals surface area (Å²) >= 11 is 0. The summed E-state index contributed by atoms with van der Waals surface area (Å²) in [6.45, 7) is 2.97. The van der Waals surface area contributed by atoms with E-state index >= 15 is 0 Å². The lowest BCUT2D eigenvalue weighted by Crippen LogP contribution is -2.26. The van der Waals surface area contributed by atoms with Gasteiger partial charge in [-0.2, -0.15) is 0 Å². The van der Waals surface area contributed by atoms with Gasteiger partial charge in [-0.15, -0.1) is 0 Å². The van der Waals surface area contributed by atoms with E-state index in [0.29, 0.717) is 18.7 Å². The highest BCUT2D eigenvalue weighted by Crippen LogP contribution is 2.31. The molecule has 0 aromatic heterocycles. The van der Waals surface area contributed by atoms with Crippen LogP contribution in [0.2, 0.25) is 0 Å². The fourth-order valence-corrected chi connectivity index (χ4v) is 3.24. The summed E-state index contributed by atoms with van der Waals surface area (Å²) in [5.74, 6) is 1.48. The summed E-state index contributed by atoms with van der Waals surface area (Å²) in [6.07, 6.45) is 8.87. The third kappa shape index (κ3) is 4.19. The Labute approximate surface area is 127 Å². The van der Waals surface area contributed by atoms with Crippen molar-refractivity contribution in [3.63, 3.8) is 0 Å². The zero-order valence-electron chi connectivity index (χ0n) is 12.9. The largest absolute Gasteiger partial charge is 0.490 e. The lowest BCUT2D eigenvalue weighted by molar-refractivity contribution is 0.120. The van der Waals surface area contributed by atoms with Gasteiger partial charge in [-0.25, -0.2) is 4.39 Å². The SMILES string of the molecule is CCC1CCCC(Oc2ccc(F)cc2CNC2CC2)C1. The van der Waals surface area contributed by atoms with Crippen molar-refractivity contribution in [1.29, 1.82) is 0 Å². The number of rotatable bonds is 6. The molecule has 2 aliphatic carbocycles. The highest BCUT2D eigenvalue weighted by atomic mass is 19.1. The topological polar surface area (TPSA) is 21.3 Å². The van der Waals surface area contributed by atoms with Crippen LogP contribution in [0.3, 0.4) is 0 Å². The van der Waals surface area contributed by atoms with Crippen molar-refractivity contribution in [3.05, 3.63) is 29.6 Å². The van der Waals surface area contributed by atoms with Crippen LogP contribution in [0.25, 0.3) is 0 Å². The van der Waals surface area contributed by atoms with Gasteiger partial charge in [0.15, 0.2) is 0 Å². The molecule has 1 aromatic carbocycles. The Kier molecular flexibility index (Phi) is 4.79. The Balaban J connectivity index is 1.65. The van der Waals surface area contributed by atoms with E-state index in [9.17, 15) is 4.39 Å². The second kappa shape index (κ2) is 6.78. The normalized spacial score (nSPS) is 25.8. The monoisotopic (exact) mass is 291 g/mol. The molecular formula is C18H26FNO. The maximum atomic E-state index is 13.5. The summed E-state index contributed by atoms with van der Waals surface area (Å²) in [5, 5.41) is 3.45. The summed E-state index contributed by atoms with van der Waals surface area (Å²) in [5.41, 5.74) is 0.959. The average molecular weight is 291 g/mol. The minimum atomic E-state index is -0.176. The summed E-state index contributed by atoms with van der Waals surface area (Å²) in [7, 11) is 0. The first-order chi connectivity index (χ1) is 10.2. The zero-order valence-corrected chi connectivity index (χ0v) is 12.9. The molecule has 2 aliphatic rings. The van der Waals surface area contributed by atoms with Gasteiger partial charge in [0.2, 0.25) is 0 Å². The average Bonchev–Trinajstić information content (AvgIpc) is 3.32. The van der Waals surface area contributed by atoms with E-state index in [4.69, 9.17) is 4.74 Å². The van der Waals surface area contributed by atoms with Crippen LogP contribution in [-0.2, 0) is 6.54 Å². The lowest BCUT2D eigenvalue weighted by atomic mass is 9.85. The van der Waals surface area contributed by atoms with E-state index in [1.54, 1.807) is 12.1 Å². The van der Waals surface area contributed by atoms with Crippen molar-refractivity contribution in [2.75, 3.05) is 0 Å². The van der Waals surface area contributed by atoms with Gasteiger partial charge in [-0.05, 0) is 56.2 Å². The predicted octanol–water partition coefficient (Wildman–Crippen LogP) is 4.43. The minimum Gasteiger partial charge on any atom is -0.490 e. The Morgan fingerprint density at radius 3 is 2.86 bits per heavy atom. The van der Waals surface area contributed by atoms with Crippen molar-refractivity contribution in [2.45, 2.75) is 70.6 Å². The number of halogens is 1. The van der Waals surface area contributed by atoms with Crippen LogP contribution in [0.15, 0.2) is 18.2 Å². The van der Waals surface area contributed by atoms with Crippen molar-refractivity contribution in [3.8, 4) is 5.75 Å². The molecule has 3 heteroatoms. The Morgan fingerprint density at radius 2 is 2.10 bits per heavy atom. The smallest absolute Gasteiger partial charge is 0.124 e. The molecule has 0 spiro atoms. The van der Waals surface area contributed by atoms with Crippen LogP contribution in [0, 0.1) is 11.7 Å². The van der Waals surface area contributed by atoms with E-state index < -0.39 is 0 Å². The number of hydrogen-bond acceptors (Lipinski definition) is 2. The van der Waals surface area contributed by atoms with E-state index in [1.165, 1.54) is 38.2 Å². The first kappa shape index (κ1) is 14.8. The minimum absolute atomic E-state index is 0.176. The molecule has 1 N–H and O–H groups in total. The number of ether oxygens (including phenoxy) is 1. The molecule has 116 valence electrons. The van der Waals surface area contributed by atoms with Gasteiger partial charge in [0.1, 0.15) is 11.6 Å². The molecule has 0 saturated heterocycles. The molecular weight excluding hydrogens is 265 g/mol. The zero-order chi connectivity index (χ0) is 14.7. The van der Waals surface area contributed by atoms with Gasteiger partial charge < -0.3 is 10.1 Å². The van der Waals surface area contributed by atoms with Crippen LogP contribution in [0.5, 0.6) is 5.75 Å². The fourth-order valence-electron chi connectivity index (χ4n) is 3.24. The van der Waals surface area contributed by atoms with Gasteiger partial charge in [0, 0.05) is 18.2 Å². The third-order valence-electron chi connectivity index (χ3n) is 4.79. The first-order valence-corrected chi connectivity index (χ1v) is 8.43. The van der Waals surface area contributed by atoms with E-state index in [2.05, 4.69) is 12.2 Å². The maximum absolute atomic E-state index is 13.5. The molecule has 0 bridgehead atoms. The molecule has 2 fully saturated rings. The third-order valence-corrected chi connectivity index (χ3v) is 4.79. The Morgan fingerprint density at radius 1 is 1.24 bits per heavy atom. The molecule has 2 saturated carbocycles. The first-order valence-electron chi connectivity index (χ1n) is 8.43. The van der Waals surface area contributed by atoms with E-state index in [0.717, 1.165) is 30.1 Å². The molecule has 21 heavy (non-hydrogen) atoms. The molecule has 2 nitrogen and oxygen atoms in total. The van der Waals surface area contributed by atoms with Crippen LogP contribution in [0.1, 0.15) is 57.4 Å². The van der Waals surface area contributed by atoms with Gasteiger partial charge in [0.25, 0.3) is 0 Å². The van der Waals surface area contributed by atoms with Crippen molar-refractivity contribution < 1.29 is 9.13 Å². The molecule has 3 rings (SSSR count). The molecule has 2 unspecified atom stereocenters. The van der Waals surface area contributed by atoms with E-state index in [-0.39, 0.29) is 5.82 Å². The van der Waals surface area contributed by atoms with Crippen LogP contribution < -0.4 is 10.1 Å². The maximum Gasteiger partial charge on any atom is 0.124 e. The second-order valence-corrected chi connectivity index (χ2v) is 6.59. The van der Waals surface area contributed by atoms with Gasteiger partial charge >= 0.3 is 0 Å². The Hall–Kier alpha value is -1.09. The molecule has 0 heterocycles. The molecule has 0 amide bonds. The summed E-state index contributed by atoms with van der Waals surface area (Å²) in [4.78, 5) is 0. The molecule has 1 aromatic rings. The van der Waals surface area contributed by atoms with Crippen LogP contribution in [-0.4, -0.2) is 12.1 Å². The van der Waals surface area contributed by atoms with Crippen molar-refractivity contribution >= 4 is 0 Å². The fraction of sp³-hybridized carbons (Fsp3) is 0.667. The number of benzene rings is 1. The highest BCUT2D eigenvalue weighted by Gasteiger charge is 2.24. The molecule has 0 radical (unpaired) electrons. The quantitative estimate of drug-likeness (QED) is 0.837. The lowest BCUT2D eigenvalue weighted by Gasteiger charge is -2.29. The van der Waals surface area contributed by atoms with Crippen molar-refractivity contribution in [1.82, 2.24) is 5.32 Å². The van der Waals surface area contributed by atoms with Gasteiger partial charge in [0.05, 0.1) is 6.10 Å².